The van der Waals surface area contributed by atoms with E-state index in [2.05, 4.69) is 24.3 Å². The van der Waals surface area contributed by atoms with Gasteiger partial charge in [0.1, 0.15) is 22.3 Å². The SMILES string of the molecule is C/C=C/C=C(\O)c1cc2c3c-2c(-c2ccc(C)o2)cc2c3c1N=C(c1ccccc1)S2. The molecule has 0 atom stereocenters. The molecule has 31 heavy (non-hydrogen) atoms. The van der Waals surface area contributed by atoms with Crippen LogP contribution in [-0.2, 0) is 0 Å². The fourth-order valence-electron chi connectivity index (χ4n) is 4.24. The van der Waals surface area contributed by atoms with Gasteiger partial charge in [-0.2, -0.15) is 0 Å². The summed E-state index contributed by atoms with van der Waals surface area (Å²) in [5.74, 6) is 2.00. The molecule has 1 aliphatic carbocycles. The molecule has 0 radical (unpaired) electrons. The highest BCUT2D eigenvalue weighted by Gasteiger charge is 2.35. The molecule has 1 N–H and O–H groups in total. The van der Waals surface area contributed by atoms with Gasteiger partial charge in [0.05, 0.1) is 5.69 Å². The normalized spacial score (nSPS) is 14.4. The zero-order valence-electron chi connectivity index (χ0n) is 17.1. The highest BCUT2D eigenvalue weighted by atomic mass is 32.2. The predicted octanol–water partition coefficient (Wildman–Crippen LogP) is 8.05. The van der Waals surface area contributed by atoms with Gasteiger partial charge in [0.2, 0.25) is 0 Å². The maximum Gasteiger partial charge on any atom is 0.134 e. The molecule has 0 unspecified atom stereocenters. The van der Waals surface area contributed by atoms with Gasteiger partial charge >= 0.3 is 0 Å². The fourth-order valence-corrected chi connectivity index (χ4v) is 5.32. The topological polar surface area (TPSA) is 45.7 Å². The third-order valence-electron chi connectivity index (χ3n) is 5.72. The molecule has 2 heterocycles. The third-order valence-corrected chi connectivity index (χ3v) is 6.78. The number of fused-ring (bicyclic) bond motifs is 1. The van der Waals surface area contributed by atoms with Crippen LogP contribution in [0.3, 0.4) is 0 Å². The molecular formula is C27H19NO2S. The second-order valence-corrected chi connectivity index (χ2v) is 8.77. The van der Waals surface area contributed by atoms with Crippen molar-refractivity contribution in [2.24, 2.45) is 4.99 Å². The van der Waals surface area contributed by atoms with Gasteiger partial charge in [0.15, 0.2) is 0 Å². The summed E-state index contributed by atoms with van der Waals surface area (Å²) in [6.45, 7) is 3.90. The van der Waals surface area contributed by atoms with Gasteiger partial charge in [0, 0.05) is 37.9 Å². The molecule has 1 aromatic heterocycles. The van der Waals surface area contributed by atoms with Crippen molar-refractivity contribution in [1.29, 1.82) is 0 Å². The molecule has 0 fully saturated rings. The smallest absolute Gasteiger partial charge is 0.134 e. The molecule has 0 bridgehead atoms. The lowest BCUT2D eigenvalue weighted by Gasteiger charge is -2.17. The second kappa shape index (κ2) is 6.76. The monoisotopic (exact) mass is 421 g/mol. The van der Waals surface area contributed by atoms with Crippen LogP contribution in [0.2, 0.25) is 0 Å². The van der Waals surface area contributed by atoms with Gasteiger partial charge in [-0.05, 0) is 49.8 Å². The summed E-state index contributed by atoms with van der Waals surface area (Å²) in [5.41, 5.74) is 6.15. The Morgan fingerprint density at radius 1 is 1.03 bits per heavy atom. The van der Waals surface area contributed by atoms with Gasteiger partial charge in [-0.15, -0.1) is 0 Å². The molecule has 4 heteroatoms. The van der Waals surface area contributed by atoms with Crippen molar-refractivity contribution in [3.05, 3.63) is 89.7 Å². The van der Waals surface area contributed by atoms with Gasteiger partial charge in [-0.1, -0.05) is 54.2 Å². The van der Waals surface area contributed by atoms with Gasteiger partial charge < -0.3 is 9.52 Å². The van der Waals surface area contributed by atoms with E-state index in [1.54, 1.807) is 17.8 Å². The molecule has 2 aliphatic rings. The lowest BCUT2D eigenvalue weighted by molar-refractivity contribution is 0.512. The Morgan fingerprint density at radius 2 is 1.87 bits per heavy atom. The second-order valence-electron chi connectivity index (χ2n) is 7.74. The van der Waals surface area contributed by atoms with Gasteiger partial charge in [-0.25, -0.2) is 4.99 Å². The number of thioether (sulfide) groups is 1. The molecule has 3 nitrogen and oxygen atoms in total. The van der Waals surface area contributed by atoms with E-state index in [9.17, 15) is 5.11 Å². The van der Waals surface area contributed by atoms with Crippen LogP contribution in [0, 0.1) is 6.92 Å². The van der Waals surface area contributed by atoms with Crippen LogP contribution in [0.5, 0.6) is 0 Å². The molecule has 0 amide bonds. The van der Waals surface area contributed by atoms with Crippen LogP contribution < -0.4 is 0 Å². The minimum atomic E-state index is 0.225. The number of benzene rings is 3. The summed E-state index contributed by atoms with van der Waals surface area (Å²) in [6.07, 6.45) is 5.47. The van der Waals surface area contributed by atoms with Crippen LogP contribution >= 0.6 is 11.8 Å². The quantitative estimate of drug-likeness (QED) is 0.236. The standard InChI is InChI=1S/C27H19NO2S/c1-3-4-10-20(29)17-13-19-23-18(21-12-11-15(2)30-21)14-22-25(24(19)23)26(17)28-27(31-22)16-8-6-5-7-9-16/h3-14,29H,1-2H3/b4-3+,20-10-. The summed E-state index contributed by atoms with van der Waals surface area (Å²) in [6, 6.07) is 18.5. The van der Waals surface area contributed by atoms with E-state index < -0.39 is 0 Å². The number of allylic oxidation sites excluding steroid dienone is 3. The average Bonchev–Trinajstić information content (AvgIpc) is 3.37. The summed E-state index contributed by atoms with van der Waals surface area (Å²) in [5, 5.41) is 14.2. The number of aliphatic hydroxyl groups is 1. The van der Waals surface area contributed by atoms with Crippen LogP contribution in [0.15, 0.2) is 87.1 Å². The van der Waals surface area contributed by atoms with E-state index in [1.165, 1.54) is 16.5 Å². The first kappa shape index (κ1) is 18.3. The van der Waals surface area contributed by atoms with E-state index in [-0.39, 0.29) is 5.76 Å². The van der Waals surface area contributed by atoms with E-state index in [0.29, 0.717) is 0 Å². The Kier molecular flexibility index (Phi) is 3.99. The number of nitrogens with zero attached hydrogens (tertiary/aromatic N) is 1. The number of hydrogen-bond acceptors (Lipinski definition) is 4. The zero-order valence-corrected chi connectivity index (χ0v) is 18.0. The Labute approximate surface area is 184 Å². The maximum atomic E-state index is 10.9. The minimum Gasteiger partial charge on any atom is -0.507 e. The number of hydrogen-bond donors (Lipinski definition) is 1. The van der Waals surface area contributed by atoms with Crippen molar-refractivity contribution in [3.8, 4) is 22.5 Å². The van der Waals surface area contributed by atoms with E-state index >= 15 is 0 Å². The number of aryl methyl sites for hydroxylation is 1. The van der Waals surface area contributed by atoms with Crippen LogP contribution in [0.25, 0.3) is 39.0 Å². The first-order valence-corrected chi connectivity index (χ1v) is 11.1. The number of aliphatic imine (C=N–C) groups is 1. The first-order valence-electron chi connectivity index (χ1n) is 10.2. The van der Waals surface area contributed by atoms with Gasteiger partial charge in [-0.3, -0.25) is 0 Å². The predicted molar refractivity (Wildman–Crippen MR) is 129 cm³/mol. The highest BCUT2D eigenvalue weighted by molar-refractivity contribution is 8.14. The average molecular weight is 422 g/mol. The fraction of sp³-hybridized carbons (Fsp3) is 0.0741. The summed E-state index contributed by atoms with van der Waals surface area (Å²) in [7, 11) is 0. The van der Waals surface area contributed by atoms with Crippen molar-refractivity contribution >= 4 is 39.0 Å². The summed E-state index contributed by atoms with van der Waals surface area (Å²) < 4.78 is 5.97. The summed E-state index contributed by atoms with van der Waals surface area (Å²) >= 11 is 1.68. The van der Waals surface area contributed by atoms with E-state index in [0.717, 1.165) is 49.2 Å². The largest absolute Gasteiger partial charge is 0.507 e. The Balaban J connectivity index is 1.63. The molecule has 0 spiro atoms. The zero-order chi connectivity index (χ0) is 21.1. The minimum absolute atomic E-state index is 0.225. The highest BCUT2D eigenvalue weighted by Crippen LogP contribution is 2.61. The lowest BCUT2D eigenvalue weighted by atomic mass is 10.1. The van der Waals surface area contributed by atoms with Crippen LogP contribution in [-0.4, -0.2) is 10.2 Å². The molecule has 3 aromatic carbocycles. The maximum absolute atomic E-state index is 10.9. The van der Waals surface area contributed by atoms with Crippen molar-refractivity contribution in [2.75, 3.05) is 0 Å². The van der Waals surface area contributed by atoms with Crippen LogP contribution in [0.4, 0.5) is 5.69 Å². The molecule has 1 aliphatic heterocycles. The van der Waals surface area contributed by atoms with Crippen molar-refractivity contribution < 1.29 is 9.52 Å². The van der Waals surface area contributed by atoms with E-state index in [1.807, 2.05) is 56.3 Å². The Hall–Kier alpha value is -3.50. The number of aliphatic hydroxyl groups excluding tert-OH is 1. The molecule has 150 valence electrons. The van der Waals surface area contributed by atoms with Crippen molar-refractivity contribution in [2.45, 2.75) is 18.7 Å². The van der Waals surface area contributed by atoms with Gasteiger partial charge in [0.25, 0.3) is 0 Å². The van der Waals surface area contributed by atoms with Crippen molar-refractivity contribution in [1.82, 2.24) is 0 Å². The summed E-state index contributed by atoms with van der Waals surface area (Å²) in [4.78, 5) is 6.17. The lowest BCUT2D eigenvalue weighted by Crippen LogP contribution is -2.00. The Morgan fingerprint density at radius 3 is 2.61 bits per heavy atom. The molecule has 6 rings (SSSR count). The molecule has 4 aromatic rings. The number of rotatable bonds is 4. The third kappa shape index (κ3) is 2.79. The Bertz CT molecular complexity index is 1470. The molecule has 0 saturated heterocycles. The van der Waals surface area contributed by atoms with Crippen molar-refractivity contribution in [3.63, 3.8) is 0 Å². The van der Waals surface area contributed by atoms with Crippen LogP contribution in [0.1, 0.15) is 23.8 Å². The number of furan rings is 1. The molecule has 0 saturated carbocycles. The van der Waals surface area contributed by atoms with E-state index in [4.69, 9.17) is 9.41 Å². The first-order chi connectivity index (χ1) is 15.2. The molecular weight excluding hydrogens is 402 g/mol.